The fourth-order valence-corrected chi connectivity index (χ4v) is 3.14. The molecule has 148 valence electrons. The van der Waals surface area contributed by atoms with Crippen LogP contribution in [0.1, 0.15) is 0 Å². The zero-order valence-corrected chi connectivity index (χ0v) is 16.4. The molecule has 0 saturated carbocycles. The zero-order valence-electron chi connectivity index (χ0n) is 14.9. The molecule has 8 nitrogen and oxygen atoms in total. The van der Waals surface area contributed by atoms with Gasteiger partial charge in [0.15, 0.2) is 11.6 Å². The third kappa shape index (κ3) is 3.79. The molecule has 1 aliphatic heterocycles. The second-order valence-electron chi connectivity index (χ2n) is 6.29. The van der Waals surface area contributed by atoms with Gasteiger partial charge in [0.2, 0.25) is 11.9 Å². The molecule has 0 unspecified atom stereocenters. The Hall–Kier alpha value is -3.04. The third-order valence-corrected chi connectivity index (χ3v) is 5.15. The van der Waals surface area contributed by atoms with Crippen molar-refractivity contribution in [2.24, 2.45) is 0 Å². The van der Waals surface area contributed by atoms with Gasteiger partial charge in [-0.3, -0.25) is 4.79 Å². The normalized spacial score (nSPS) is 13.8. The van der Waals surface area contributed by atoms with Crippen LogP contribution in [0.5, 0.6) is 0 Å². The van der Waals surface area contributed by atoms with Crippen LogP contribution in [0.25, 0.3) is 11.0 Å². The number of carbonyl (C=O) groups is 1. The first kappa shape index (κ1) is 19.3. The van der Waals surface area contributed by atoms with Gasteiger partial charge in [-0.15, -0.1) is 0 Å². The van der Waals surface area contributed by atoms with Gasteiger partial charge >= 0.3 is 0 Å². The molecule has 2 aromatic heterocycles. The highest BCUT2D eigenvalue weighted by Crippen LogP contribution is 2.32. The number of rotatable bonds is 5. The first-order valence-corrected chi connectivity index (χ1v) is 9.28. The lowest BCUT2D eigenvalue weighted by atomic mass is 10.1. The maximum absolute atomic E-state index is 14.4. The molecule has 0 radical (unpaired) electrons. The molecule has 29 heavy (non-hydrogen) atoms. The van der Waals surface area contributed by atoms with Gasteiger partial charge < -0.3 is 15.5 Å². The van der Waals surface area contributed by atoms with E-state index in [9.17, 15) is 9.18 Å². The summed E-state index contributed by atoms with van der Waals surface area (Å²) < 4.78 is 14.4. The molecule has 1 amide bonds. The molecular weight excluding hydrogens is 420 g/mol. The molecule has 1 saturated heterocycles. The summed E-state index contributed by atoms with van der Waals surface area (Å²) in [5.74, 6) is -0.179. The number of likely N-dealkylation sites (tertiary alicyclic amines) is 1. The lowest BCUT2D eigenvalue weighted by Gasteiger charge is -2.38. The van der Waals surface area contributed by atoms with Crippen LogP contribution in [0.3, 0.4) is 0 Å². The second kappa shape index (κ2) is 7.76. The minimum Gasteiger partial charge on any atom is -0.348 e. The van der Waals surface area contributed by atoms with E-state index in [0.29, 0.717) is 30.1 Å². The Labute approximate surface area is 174 Å². The molecule has 0 spiro atoms. The lowest BCUT2D eigenvalue weighted by molar-refractivity contribution is -0.129. The molecule has 1 aromatic carbocycles. The minimum absolute atomic E-state index is 0.0184. The van der Waals surface area contributed by atoms with E-state index in [1.807, 2.05) is 0 Å². The molecule has 1 fully saturated rings. The Morgan fingerprint density at radius 2 is 2.07 bits per heavy atom. The SMILES string of the molecule is C=CC(=O)N1CC(Nc2ncc3ncnc(Nc4ccc(Cl)c(Cl)c4F)c3n2)C1. The predicted molar refractivity (Wildman–Crippen MR) is 109 cm³/mol. The highest BCUT2D eigenvalue weighted by Gasteiger charge is 2.29. The standard InChI is InChI=1S/C18H14Cl2FN7O/c1-2-13(29)28-6-9(7-28)25-18-22-5-12-16(27-18)17(24-8-23-12)26-11-4-3-10(19)14(20)15(11)21/h2-5,8-9H,1,6-7H2,(H,22,25,27)(H,23,24,26). The maximum atomic E-state index is 14.4. The maximum Gasteiger partial charge on any atom is 0.246 e. The van der Waals surface area contributed by atoms with Crippen molar-refractivity contribution in [1.29, 1.82) is 0 Å². The number of carbonyl (C=O) groups excluding carboxylic acids is 1. The summed E-state index contributed by atoms with van der Waals surface area (Å²) in [4.78, 5) is 30.1. The van der Waals surface area contributed by atoms with Crippen molar-refractivity contribution < 1.29 is 9.18 Å². The van der Waals surface area contributed by atoms with Crippen LogP contribution in [0, 0.1) is 5.82 Å². The fourth-order valence-electron chi connectivity index (χ4n) is 2.83. The number of hydrogen-bond donors (Lipinski definition) is 2. The van der Waals surface area contributed by atoms with Gasteiger partial charge in [-0.2, -0.15) is 0 Å². The molecule has 0 atom stereocenters. The summed E-state index contributed by atoms with van der Waals surface area (Å²) in [5.41, 5.74) is 0.976. The zero-order chi connectivity index (χ0) is 20.5. The molecule has 4 rings (SSSR count). The van der Waals surface area contributed by atoms with Crippen molar-refractivity contribution >= 4 is 57.6 Å². The summed E-state index contributed by atoms with van der Waals surface area (Å²) >= 11 is 11.7. The number of anilines is 3. The first-order valence-electron chi connectivity index (χ1n) is 8.52. The number of halogens is 3. The predicted octanol–water partition coefficient (Wildman–Crippen LogP) is 3.42. The average Bonchev–Trinajstić information content (AvgIpc) is 2.70. The number of nitrogens with one attached hydrogen (secondary N) is 2. The van der Waals surface area contributed by atoms with E-state index in [2.05, 4.69) is 37.1 Å². The summed E-state index contributed by atoms with van der Waals surface area (Å²) in [6, 6.07) is 2.95. The number of amides is 1. The van der Waals surface area contributed by atoms with Crippen LogP contribution < -0.4 is 10.6 Å². The van der Waals surface area contributed by atoms with E-state index in [0.717, 1.165) is 0 Å². The van der Waals surface area contributed by atoms with E-state index in [4.69, 9.17) is 23.2 Å². The van der Waals surface area contributed by atoms with Crippen LogP contribution in [-0.2, 0) is 4.79 Å². The van der Waals surface area contributed by atoms with Crippen LogP contribution in [0.2, 0.25) is 10.0 Å². The van der Waals surface area contributed by atoms with Crippen LogP contribution in [-0.4, -0.2) is 49.9 Å². The molecule has 3 aromatic rings. The first-order chi connectivity index (χ1) is 14.0. The van der Waals surface area contributed by atoms with Crippen molar-refractivity contribution in [2.75, 3.05) is 23.7 Å². The Balaban J connectivity index is 1.58. The van der Waals surface area contributed by atoms with Gasteiger partial charge in [-0.1, -0.05) is 29.8 Å². The Morgan fingerprint density at radius 3 is 2.83 bits per heavy atom. The number of hydrogen-bond acceptors (Lipinski definition) is 7. The Morgan fingerprint density at radius 1 is 1.28 bits per heavy atom. The quantitative estimate of drug-likeness (QED) is 0.469. The Kier molecular flexibility index (Phi) is 5.16. The van der Waals surface area contributed by atoms with E-state index in [1.165, 1.54) is 30.7 Å². The smallest absolute Gasteiger partial charge is 0.246 e. The minimum atomic E-state index is -0.695. The van der Waals surface area contributed by atoms with Crippen LogP contribution >= 0.6 is 23.2 Å². The van der Waals surface area contributed by atoms with Gasteiger partial charge in [0.25, 0.3) is 0 Å². The topological polar surface area (TPSA) is 95.9 Å². The van der Waals surface area contributed by atoms with E-state index in [-0.39, 0.29) is 33.5 Å². The highest BCUT2D eigenvalue weighted by atomic mass is 35.5. The van der Waals surface area contributed by atoms with Gasteiger partial charge in [0, 0.05) is 13.1 Å². The van der Waals surface area contributed by atoms with Crippen molar-refractivity contribution in [3.8, 4) is 0 Å². The largest absolute Gasteiger partial charge is 0.348 e. The fraction of sp³-hybridized carbons (Fsp3) is 0.167. The second-order valence-corrected chi connectivity index (χ2v) is 7.07. The van der Waals surface area contributed by atoms with E-state index in [1.54, 1.807) is 4.90 Å². The van der Waals surface area contributed by atoms with E-state index >= 15 is 0 Å². The molecule has 11 heteroatoms. The van der Waals surface area contributed by atoms with Crippen molar-refractivity contribution in [3.63, 3.8) is 0 Å². The third-order valence-electron chi connectivity index (χ3n) is 4.37. The number of benzene rings is 1. The van der Waals surface area contributed by atoms with Gasteiger partial charge in [0.05, 0.1) is 28.0 Å². The summed E-state index contributed by atoms with van der Waals surface area (Å²) in [5, 5.41) is 5.95. The average molecular weight is 434 g/mol. The van der Waals surface area contributed by atoms with Crippen molar-refractivity contribution in [1.82, 2.24) is 24.8 Å². The van der Waals surface area contributed by atoms with Gasteiger partial charge in [0.1, 0.15) is 17.4 Å². The van der Waals surface area contributed by atoms with Crippen molar-refractivity contribution in [2.45, 2.75) is 6.04 Å². The molecular formula is C18H14Cl2FN7O. The monoisotopic (exact) mass is 433 g/mol. The molecule has 0 aliphatic carbocycles. The molecule has 3 heterocycles. The summed E-state index contributed by atoms with van der Waals surface area (Å²) in [6.07, 6.45) is 4.13. The summed E-state index contributed by atoms with van der Waals surface area (Å²) in [6.45, 7) is 4.52. The molecule has 2 N–H and O–H groups in total. The lowest BCUT2D eigenvalue weighted by Crippen LogP contribution is -2.56. The van der Waals surface area contributed by atoms with Crippen molar-refractivity contribution in [3.05, 3.63) is 53.2 Å². The molecule has 1 aliphatic rings. The van der Waals surface area contributed by atoms with Crippen LogP contribution in [0.15, 0.2) is 37.3 Å². The highest BCUT2D eigenvalue weighted by molar-refractivity contribution is 6.42. The number of nitrogens with zero attached hydrogens (tertiary/aromatic N) is 5. The molecule has 0 bridgehead atoms. The Bertz CT molecular complexity index is 1120. The van der Waals surface area contributed by atoms with Crippen LogP contribution in [0.4, 0.5) is 21.8 Å². The number of fused-ring (bicyclic) bond motifs is 1. The van der Waals surface area contributed by atoms with E-state index < -0.39 is 5.82 Å². The summed E-state index contributed by atoms with van der Waals surface area (Å²) in [7, 11) is 0. The van der Waals surface area contributed by atoms with Gasteiger partial charge in [-0.25, -0.2) is 24.3 Å². The number of aromatic nitrogens is 4. The van der Waals surface area contributed by atoms with Gasteiger partial charge in [-0.05, 0) is 18.2 Å².